The lowest BCUT2D eigenvalue weighted by atomic mass is 10.1. The van der Waals surface area contributed by atoms with Gasteiger partial charge in [-0.25, -0.2) is 0 Å². The van der Waals surface area contributed by atoms with E-state index in [2.05, 4.69) is 0 Å². The van der Waals surface area contributed by atoms with Gasteiger partial charge in [-0.1, -0.05) is 6.07 Å². The molecule has 1 aliphatic rings. The van der Waals surface area contributed by atoms with E-state index in [4.69, 9.17) is 9.47 Å². The van der Waals surface area contributed by atoms with Gasteiger partial charge in [-0.2, -0.15) is 0 Å². The number of nitrogens with zero attached hydrogens (tertiary/aromatic N) is 2. The van der Waals surface area contributed by atoms with Crippen LogP contribution in [-0.2, 0) is 9.59 Å². The van der Waals surface area contributed by atoms with Crippen LogP contribution in [0.2, 0.25) is 0 Å². The maximum atomic E-state index is 12.5. The highest BCUT2D eigenvalue weighted by molar-refractivity contribution is 6.00. The van der Waals surface area contributed by atoms with E-state index in [1.165, 1.54) is 30.2 Å². The van der Waals surface area contributed by atoms with Gasteiger partial charge in [0.15, 0.2) is 0 Å². The van der Waals surface area contributed by atoms with Crippen LogP contribution >= 0.6 is 0 Å². The average molecular weight is 384 g/mol. The van der Waals surface area contributed by atoms with Crippen LogP contribution in [0.15, 0.2) is 36.4 Å². The Morgan fingerprint density at radius 1 is 1.18 bits per heavy atom. The first-order valence-corrected chi connectivity index (χ1v) is 8.72. The fourth-order valence-electron chi connectivity index (χ4n) is 3.08. The largest absolute Gasteiger partial charge is 0.494 e. The van der Waals surface area contributed by atoms with E-state index in [9.17, 15) is 19.7 Å². The minimum Gasteiger partial charge on any atom is -0.494 e. The first kappa shape index (κ1) is 19.3. The first-order valence-electron chi connectivity index (χ1n) is 8.72. The molecule has 1 aliphatic heterocycles. The molecule has 1 amide bonds. The number of nitro groups is 1. The minimum atomic E-state index is -0.631. The van der Waals surface area contributed by atoms with E-state index in [-0.39, 0.29) is 30.3 Å². The van der Waals surface area contributed by atoms with Gasteiger partial charge in [0.1, 0.15) is 11.5 Å². The number of methoxy groups -OCH3 is 1. The summed E-state index contributed by atoms with van der Waals surface area (Å²) in [5.74, 6) is -0.749. The van der Waals surface area contributed by atoms with Crippen molar-refractivity contribution in [3.8, 4) is 11.5 Å². The predicted octanol–water partition coefficient (Wildman–Crippen LogP) is 3.18. The van der Waals surface area contributed by atoms with E-state index < -0.39 is 16.8 Å². The van der Waals surface area contributed by atoms with Crippen molar-refractivity contribution in [3.63, 3.8) is 0 Å². The molecule has 0 radical (unpaired) electrons. The number of benzene rings is 2. The van der Waals surface area contributed by atoms with E-state index >= 15 is 0 Å². The second kappa shape index (κ2) is 7.67. The topological polar surface area (TPSA) is 99.0 Å². The molecule has 0 saturated carbocycles. The third-order valence-electron chi connectivity index (χ3n) is 4.82. The van der Waals surface area contributed by atoms with Gasteiger partial charge in [0.25, 0.3) is 5.69 Å². The predicted molar refractivity (Wildman–Crippen MR) is 102 cm³/mol. The molecule has 0 unspecified atom stereocenters. The zero-order valence-electron chi connectivity index (χ0n) is 15.8. The van der Waals surface area contributed by atoms with E-state index in [0.29, 0.717) is 11.4 Å². The standard InChI is InChI=1S/C20H20N2O6/c1-12-4-6-16(8-13(12)2)28-20(24)14-9-19(23)21(11-14)17-7-5-15(22(25)26)10-18(17)27-3/h4-8,10,14H,9,11H2,1-3H3/t14-/m0/s1. The van der Waals surface area contributed by atoms with Gasteiger partial charge in [-0.05, 0) is 43.2 Å². The molecule has 2 aromatic carbocycles. The van der Waals surface area contributed by atoms with Crippen molar-refractivity contribution in [2.45, 2.75) is 20.3 Å². The number of rotatable bonds is 5. The van der Waals surface area contributed by atoms with Crippen molar-refractivity contribution < 1.29 is 24.0 Å². The summed E-state index contributed by atoms with van der Waals surface area (Å²) in [6, 6.07) is 9.36. The third kappa shape index (κ3) is 3.80. The molecule has 3 rings (SSSR count). The van der Waals surface area contributed by atoms with Crippen molar-refractivity contribution in [2.24, 2.45) is 5.92 Å². The molecule has 146 valence electrons. The van der Waals surface area contributed by atoms with Crippen molar-refractivity contribution in [2.75, 3.05) is 18.6 Å². The molecule has 0 bridgehead atoms. The SMILES string of the molecule is COc1cc([N+](=O)[O-])ccc1N1C[C@@H](C(=O)Oc2ccc(C)c(C)c2)CC1=O. The number of aryl methyl sites for hydroxylation is 2. The van der Waals surface area contributed by atoms with Gasteiger partial charge in [0, 0.05) is 19.0 Å². The lowest BCUT2D eigenvalue weighted by molar-refractivity contribution is -0.384. The Hall–Kier alpha value is -3.42. The summed E-state index contributed by atoms with van der Waals surface area (Å²) in [6.07, 6.45) is 0.00379. The molecule has 1 saturated heterocycles. The number of carbonyl (C=O) groups is 2. The Kier molecular flexibility index (Phi) is 5.30. The molecule has 1 atom stereocenters. The summed E-state index contributed by atoms with van der Waals surface area (Å²) < 4.78 is 10.6. The highest BCUT2D eigenvalue weighted by atomic mass is 16.6. The minimum absolute atomic E-state index is 0.00379. The summed E-state index contributed by atoms with van der Waals surface area (Å²) in [7, 11) is 1.37. The number of hydrogen-bond acceptors (Lipinski definition) is 6. The van der Waals surface area contributed by atoms with Crippen molar-refractivity contribution >= 4 is 23.3 Å². The average Bonchev–Trinajstić information content (AvgIpc) is 3.05. The second-order valence-corrected chi connectivity index (χ2v) is 6.69. The van der Waals surface area contributed by atoms with Crippen molar-refractivity contribution in [1.29, 1.82) is 0 Å². The molecule has 0 spiro atoms. The first-order chi connectivity index (χ1) is 13.3. The number of hydrogen-bond donors (Lipinski definition) is 0. The van der Waals surface area contributed by atoms with E-state index in [1.54, 1.807) is 12.1 Å². The Balaban J connectivity index is 1.77. The number of nitro benzene ring substituents is 1. The Morgan fingerprint density at radius 2 is 1.93 bits per heavy atom. The van der Waals surface area contributed by atoms with Gasteiger partial charge in [-0.3, -0.25) is 19.7 Å². The summed E-state index contributed by atoms with van der Waals surface area (Å²) in [5, 5.41) is 10.9. The lowest BCUT2D eigenvalue weighted by Gasteiger charge is -2.19. The highest BCUT2D eigenvalue weighted by Crippen LogP contribution is 2.36. The smallest absolute Gasteiger partial charge is 0.316 e. The van der Waals surface area contributed by atoms with Crippen LogP contribution < -0.4 is 14.4 Å². The molecule has 0 aliphatic carbocycles. The number of non-ortho nitro benzene ring substituents is 1. The monoisotopic (exact) mass is 384 g/mol. The van der Waals surface area contributed by atoms with Crippen LogP contribution in [0.1, 0.15) is 17.5 Å². The lowest BCUT2D eigenvalue weighted by Crippen LogP contribution is -2.27. The fourth-order valence-corrected chi connectivity index (χ4v) is 3.08. The molecule has 2 aromatic rings. The zero-order chi connectivity index (χ0) is 20.4. The normalized spacial score (nSPS) is 16.2. The second-order valence-electron chi connectivity index (χ2n) is 6.69. The molecule has 1 heterocycles. The molecule has 1 fully saturated rings. The van der Waals surface area contributed by atoms with Crippen LogP contribution in [-0.4, -0.2) is 30.5 Å². The number of esters is 1. The van der Waals surface area contributed by atoms with Gasteiger partial charge in [0.2, 0.25) is 5.91 Å². The Morgan fingerprint density at radius 3 is 2.57 bits per heavy atom. The maximum Gasteiger partial charge on any atom is 0.316 e. The van der Waals surface area contributed by atoms with Gasteiger partial charge in [0.05, 0.1) is 29.7 Å². The Labute approximate surface area is 161 Å². The summed E-state index contributed by atoms with van der Waals surface area (Å²) in [5.41, 5.74) is 2.34. The molecular weight excluding hydrogens is 364 g/mol. The molecule has 28 heavy (non-hydrogen) atoms. The van der Waals surface area contributed by atoms with Crippen LogP contribution in [0.5, 0.6) is 11.5 Å². The van der Waals surface area contributed by atoms with Crippen molar-refractivity contribution in [1.82, 2.24) is 0 Å². The maximum absolute atomic E-state index is 12.5. The van der Waals surface area contributed by atoms with Crippen molar-refractivity contribution in [3.05, 3.63) is 57.6 Å². The van der Waals surface area contributed by atoms with Gasteiger partial charge < -0.3 is 14.4 Å². The molecular formula is C20H20N2O6. The number of amides is 1. The van der Waals surface area contributed by atoms with Gasteiger partial charge >= 0.3 is 5.97 Å². The number of carbonyl (C=O) groups excluding carboxylic acids is 2. The van der Waals surface area contributed by atoms with Crippen LogP contribution in [0.3, 0.4) is 0 Å². The number of ether oxygens (including phenoxy) is 2. The highest BCUT2D eigenvalue weighted by Gasteiger charge is 2.37. The van der Waals surface area contributed by atoms with E-state index in [1.807, 2.05) is 19.9 Å². The van der Waals surface area contributed by atoms with Gasteiger partial charge in [-0.15, -0.1) is 0 Å². The van der Waals surface area contributed by atoms with Crippen LogP contribution in [0.4, 0.5) is 11.4 Å². The summed E-state index contributed by atoms with van der Waals surface area (Å²) in [4.78, 5) is 36.8. The number of anilines is 1. The molecule has 8 nitrogen and oxygen atoms in total. The zero-order valence-corrected chi connectivity index (χ0v) is 15.8. The molecule has 0 aromatic heterocycles. The van der Waals surface area contributed by atoms with Crippen LogP contribution in [0.25, 0.3) is 0 Å². The fraction of sp³-hybridized carbons (Fsp3) is 0.300. The Bertz CT molecular complexity index is 956. The molecule has 8 heteroatoms. The van der Waals surface area contributed by atoms with E-state index in [0.717, 1.165) is 11.1 Å². The van der Waals surface area contributed by atoms with Crippen LogP contribution in [0, 0.1) is 29.9 Å². The summed E-state index contributed by atoms with van der Waals surface area (Å²) >= 11 is 0. The quantitative estimate of drug-likeness (QED) is 0.340. The third-order valence-corrected chi connectivity index (χ3v) is 4.82. The summed E-state index contributed by atoms with van der Waals surface area (Å²) in [6.45, 7) is 4.01. The molecule has 0 N–H and O–H groups in total.